The molecule has 26 heavy (non-hydrogen) atoms. The van der Waals surface area contributed by atoms with Crippen molar-refractivity contribution in [1.82, 2.24) is 5.32 Å². The van der Waals surface area contributed by atoms with Crippen molar-refractivity contribution in [1.29, 1.82) is 5.26 Å². The summed E-state index contributed by atoms with van der Waals surface area (Å²) in [4.78, 5) is 11.6. The Morgan fingerprint density at radius 1 is 1.04 bits per heavy atom. The molecule has 5 heteroatoms. The van der Waals surface area contributed by atoms with E-state index in [0.717, 1.165) is 11.1 Å². The molecule has 0 aliphatic heterocycles. The lowest BCUT2D eigenvalue weighted by molar-refractivity contribution is 0.140. The molecular formula is C21H20N2O3. The minimum Gasteiger partial charge on any atom is -0.493 e. The van der Waals surface area contributed by atoms with Gasteiger partial charge < -0.3 is 14.8 Å². The number of nitriles is 1. The minimum atomic E-state index is -0.450. The Kier molecular flexibility index (Phi) is 8.12. The van der Waals surface area contributed by atoms with E-state index in [1.54, 1.807) is 0 Å². The largest absolute Gasteiger partial charge is 0.493 e. The molecule has 0 saturated carbocycles. The first-order valence-corrected chi connectivity index (χ1v) is 8.31. The second-order valence-corrected chi connectivity index (χ2v) is 5.32. The van der Waals surface area contributed by atoms with Crippen LogP contribution in [0.5, 0.6) is 5.75 Å². The molecule has 5 nitrogen and oxygen atoms in total. The molecule has 0 aromatic heterocycles. The molecule has 0 spiro atoms. The fourth-order valence-electron chi connectivity index (χ4n) is 2.01. The third-order valence-electron chi connectivity index (χ3n) is 3.30. The van der Waals surface area contributed by atoms with Gasteiger partial charge in [0.05, 0.1) is 12.5 Å². The maximum absolute atomic E-state index is 11.6. The molecule has 2 aromatic rings. The number of ether oxygens (including phenoxy) is 2. The van der Waals surface area contributed by atoms with E-state index in [1.807, 2.05) is 60.7 Å². The van der Waals surface area contributed by atoms with E-state index < -0.39 is 6.09 Å². The van der Waals surface area contributed by atoms with E-state index in [4.69, 9.17) is 14.7 Å². The summed E-state index contributed by atoms with van der Waals surface area (Å²) in [5.74, 6) is 6.74. The predicted molar refractivity (Wildman–Crippen MR) is 98.3 cm³/mol. The standard InChI is InChI=1S/C21H20N2O3/c22-14-6-16-25-20-12-10-18(11-13-20)7-4-5-15-23-21(24)26-17-19-8-2-1-3-9-19/h1-3,8-13H,5-6,15-17H2,(H,23,24). The van der Waals surface area contributed by atoms with Gasteiger partial charge in [-0.3, -0.25) is 0 Å². The van der Waals surface area contributed by atoms with E-state index in [0.29, 0.717) is 31.7 Å². The first-order chi connectivity index (χ1) is 12.8. The molecule has 1 amide bonds. The average molecular weight is 348 g/mol. The van der Waals surface area contributed by atoms with Crippen molar-refractivity contribution in [3.05, 3.63) is 65.7 Å². The van der Waals surface area contributed by atoms with Crippen LogP contribution in [0.15, 0.2) is 54.6 Å². The van der Waals surface area contributed by atoms with Crippen LogP contribution in [0.1, 0.15) is 24.0 Å². The van der Waals surface area contributed by atoms with Gasteiger partial charge in [-0.25, -0.2) is 4.79 Å². The zero-order valence-electron chi connectivity index (χ0n) is 14.4. The van der Waals surface area contributed by atoms with E-state index in [2.05, 4.69) is 17.2 Å². The number of hydrogen-bond acceptors (Lipinski definition) is 4. The Balaban J connectivity index is 1.63. The van der Waals surface area contributed by atoms with E-state index in [1.165, 1.54) is 0 Å². The molecule has 0 fully saturated rings. The molecule has 0 atom stereocenters. The molecule has 0 saturated heterocycles. The Hall–Kier alpha value is -3.44. The Morgan fingerprint density at radius 2 is 1.81 bits per heavy atom. The van der Waals surface area contributed by atoms with Crippen LogP contribution in [0, 0.1) is 23.2 Å². The number of nitrogens with zero attached hydrogens (tertiary/aromatic N) is 1. The summed E-state index contributed by atoms with van der Waals surface area (Å²) in [6, 6.07) is 18.9. The van der Waals surface area contributed by atoms with Gasteiger partial charge in [0.15, 0.2) is 0 Å². The molecule has 0 unspecified atom stereocenters. The van der Waals surface area contributed by atoms with Crippen LogP contribution in [0.25, 0.3) is 0 Å². The van der Waals surface area contributed by atoms with Crippen molar-refractivity contribution in [3.63, 3.8) is 0 Å². The summed E-state index contributed by atoms with van der Waals surface area (Å²) in [7, 11) is 0. The van der Waals surface area contributed by atoms with E-state index in [9.17, 15) is 4.79 Å². The first kappa shape index (κ1) is 18.9. The Labute approximate surface area is 153 Å². The van der Waals surface area contributed by atoms with Crippen LogP contribution in [-0.2, 0) is 11.3 Å². The van der Waals surface area contributed by atoms with E-state index in [-0.39, 0.29) is 6.61 Å². The summed E-state index contributed by atoms with van der Waals surface area (Å²) in [6.07, 6.45) is 0.443. The molecule has 132 valence electrons. The maximum atomic E-state index is 11.6. The topological polar surface area (TPSA) is 71.3 Å². The SMILES string of the molecule is N#CCCOc1ccc(C#CCCNC(=O)OCc2ccccc2)cc1. The molecule has 0 aliphatic rings. The second kappa shape index (κ2) is 11.2. The molecule has 0 bridgehead atoms. The van der Waals surface area contributed by atoms with Crippen molar-refractivity contribution in [2.45, 2.75) is 19.4 Å². The summed E-state index contributed by atoms with van der Waals surface area (Å²) in [5, 5.41) is 11.1. The Bertz CT molecular complexity index is 784. The van der Waals surface area contributed by atoms with Crippen molar-refractivity contribution >= 4 is 6.09 Å². The highest BCUT2D eigenvalue weighted by atomic mass is 16.5. The van der Waals surface area contributed by atoms with Gasteiger partial charge >= 0.3 is 6.09 Å². The molecular weight excluding hydrogens is 328 g/mol. The zero-order chi connectivity index (χ0) is 18.5. The maximum Gasteiger partial charge on any atom is 0.407 e. The number of nitrogens with one attached hydrogen (secondary N) is 1. The summed E-state index contributed by atoms with van der Waals surface area (Å²) in [6.45, 7) is 1.06. The van der Waals surface area contributed by atoms with Crippen molar-refractivity contribution in [2.75, 3.05) is 13.2 Å². The zero-order valence-corrected chi connectivity index (χ0v) is 14.4. The number of carbonyl (C=O) groups excluding carboxylic acids is 1. The number of amides is 1. The van der Waals surface area contributed by atoms with Crippen molar-refractivity contribution in [3.8, 4) is 23.7 Å². The summed E-state index contributed by atoms with van der Waals surface area (Å²) in [5.41, 5.74) is 1.81. The summed E-state index contributed by atoms with van der Waals surface area (Å²) >= 11 is 0. The number of benzene rings is 2. The fourth-order valence-corrected chi connectivity index (χ4v) is 2.01. The lowest BCUT2D eigenvalue weighted by atomic mass is 10.2. The molecule has 1 N–H and O–H groups in total. The quantitative estimate of drug-likeness (QED) is 0.612. The van der Waals surface area contributed by atoms with Gasteiger partial charge in [-0.05, 0) is 29.8 Å². The Morgan fingerprint density at radius 3 is 2.54 bits per heavy atom. The highest BCUT2D eigenvalue weighted by Crippen LogP contribution is 2.11. The summed E-state index contributed by atoms with van der Waals surface area (Å²) < 4.78 is 10.5. The highest BCUT2D eigenvalue weighted by molar-refractivity contribution is 5.67. The van der Waals surface area contributed by atoms with E-state index >= 15 is 0 Å². The van der Waals surface area contributed by atoms with Gasteiger partial charge in [0.25, 0.3) is 0 Å². The van der Waals surface area contributed by atoms with Gasteiger partial charge in [-0.1, -0.05) is 42.2 Å². The van der Waals surface area contributed by atoms with Gasteiger partial charge in [0.2, 0.25) is 0 Å². The van der Waals surface area contributed by atoms with Crippen LogP contribution in [0.3, 0.4) is 0 Å². The van der Waals surface area contributed by atoms with Crippen LogP contribution in [0.2, 0.25) is 0 Å². The van der Waals surface area contributed by atoms with Crippen molar-refractivity contribution in [2.24, 2.45) is 0 Å². The molecule has 2 aromatic carbocycles. The smallest absolute Gasteiger partial charge is 0.407 e. The number of hydrogen-bond donors (Lipinski definition) is 1. The fraction of sp³-hybridized carbons (Fsp3) is 0.238. The number of rotatable bonds is 7. The number of carbonyl (C=O) groups is 1. The van der Waals surface area contributed by atoms with Gasteiger partial charge in [-0.2, -0.15) is 5.26 Å². The van der Waals surface area contributed by atoms with Gasteiger partial charge in [0.1, 0.15) is 19.0 Å². The first-order valence-electron chi connectivity index (χ1n) is 8.31. The van der Waals surface area contributed by atoms with Crippen LogP contribution < -0.4 is 10.1 Å². The van der Waals surface area contributed by atoms with Crippen LogP contribution >= 0.6 is 0 Å². The minimum absolute atomic E-state index is 0.251. The molecule has 0 aliphatic carbocycles. The lowest BCUT2D eigenvalue weighted by Gasteiger charge is -2.05. The molecule has 0 heterocycles. The second-order valence-electron chi connectivity index (χ2n) is 5.32. The molecule has 0 radical (unpaired) electrons. The number of alkyl carbamates (subject to hydrolysis) is 1. The molecule has 2 rings (SSSR count). The monoisotopic (exact) mass is 348 g/mol. The predicted octanol–water partition coefficient (Wildman–Crippen LogP) is 3.65. The van der Waals surface area contributed by atoms with Crippen LogP contribution in [-0.4, -0.2) is 19.2 Å². The lowest BCUT2D eigenvalue weighted by Crippen LogP contribution is -2.24. The highest BCUT2D eigenvalue weighted by Gasteiger charge is 2.00. The van der Waals surface area contributed by atoms with Crippen molar-refractivity contribution < 1.29 is 14.3 Å². The third kappa shape index (κ3) is 7.42. The van der Waals surface area contributed by atoms with Gasteiger partial charge in [0, 0.05) is 18.5 Å². The third-order valence-corrected chi connectivity index (χ3v) is 3.30. The normalized spacial score (nSPS) is 9.35. The van der Waals surface area contributed by atoms with Crippen LogP contribution in [0.4, 0.5) is 4.79 Å². The average Bonchev–Trinajstić information content (AvgIpc) is 2.68. The van der Waals surface area contributed by atoms with Gasteiger partial charge in [-0.15, -0.1) is 0 Å².